The van der Waals surface area contributed by atoms with Crippen LogP contribution in [-0.4, -0.2) is 27.9 Å². The zero-order valence-corrected chi connectivity index (χ0v) is 25.6. The molecule has 0 amide bonds. The molecular weight excluding hydrogens is 697 g/mol. The molecule has 8 aliphatic rings. The first-order valence-corrected chi connectivity index (χ1v) is 13.2. The van der Waals surface area contributed by atoms with Crippen LogP contribution in [0.3, 0.4) is 0 Å². The molecule has 8 fully saturated rings. The zero-order valence-electron chi connectivity index (χ0n) is 20.7. The van der Waals surface area contributed by atoms with Gasteiger partial charge in [-0.05, 0) is 123 Å². The molecule has 0 aromatic carbocycles. The molecular formula is C27H45O4Rh3-. The number of rotatable bonds is 5. The predicted molar refractivity (Wildman–Crippen MR) is 120 cm³/mol. The van der Waals surface area contributed by atoms with Gasteiger partial charge in [-0.2, -0.15) is 0 Å². The Bertz CT molecular complexity index is 587. The number of hydrogen-bond acceptors (Lipinski definition) is 4. The van der Waals surface area contributed by atoms with Crippen molar-refractivity contribution in [2.24, 2.45) is 58.2 Å². The van der Waals surface area contributed by atoms with E-state index in [1.54, 1.807) is 0 Å². The summed E-state index contributed by atoms with van der Waals surface area (Å²) >= 11 is 0. The van der Waals surface area contributed by atoms with Crippen LogP contribution in [0.1, 0.15) is 90.9 Å². The summed E-state index contributed by atoms with van der Waals surface area (Å²) in [6.07, 6.45) is 14.6. The molecule has 8 aliphatic carbocycles. The summed E-state index contributed by atoms with van der Waals surface area (Å²) in [5.41, 5.74) is 0.648. The normalized spacial score (nSPS) is 45.3. The Morgan fingerprint density at radius 2 is 0.853 bits per heavy atom. The van der Waals surface area contributed by atoms with Gasteiger partial charge in [0.15, 0.2) is 6.29 Å². The average molecular weight is 742 g/mol. The summed E-state index contributed by atoms with van der Waals surface area (Å²) in [7, 11) is 3.38. The Hall–Kier alpha value is 1.71. The molecule has 3 N–H and O–H groups in total. The second-order valence-electron chi connectivity index (χ2n) is 13.1. The fraction of sp³-hybridized carbons (Fsp3) is 0.963. The maximum Gasteiger partial charge on any atom is 0.154 e. The molecule has 0 aliphatic heterocycles. The number of ether oxygens (including phenoxy) is 1. The molecule has 7 heteroatoms. The van der Waals surface area contributed by atoms with Crippen molar-refractivity contribution >= 4 is 0 Å². The van der Waals surface area contributed by atoms with Crippen LogP contribution < -0.4 is 0 Å². The SMILES string of the molecule is C[C@H](C(O)O)C12CC3CC(CC(C3)C1)C2.[CH2-]OC(O)[C@H](C)C12CC3CC(CC(C3)C1)C2.[Rh].[Rh].[Rh]. The van der Waals surface area contributed by atoms with Gasteiger partial charge in [-0.25, -0.2) is 7.11 Å². The van der Waals surface area contributed by atoms with Gasteiger partial charge in [0.1, 0.15) is 6.29 Å². The van der Waals surface area contributed by atoms with Gasteiger partial charge in [0, 0.05) is 70.3 Å². The third kappa shape index (κ3) is 5.97. The van der Waals surface area contributed by atoms with Crippen LogP contribution in [0.5, 0.6) is 0 Å². The van der Waals surface area contributed by atoms with Gasteiger partial charge in [0.2, 0.25) is 0 Å². The van der Waals surface area contributed by atoms with E-state index in [0.29, 0.717) is 5.41 Å². The summed E-state index contributed by atoms with van der Waals surface area (Å²) in [5.74, 6) is 5.83. The van der Waals surface area contributed by atoms with Gasteiger partial charge in [-0.3, -0.25) is 0 Å². The van der Waals surface area contributed by atoms with Crippen molar-refractivity contribution in [3.05, 3.63) is 7.11 Å². The molecule has 8 bridgehead atoms. The maximum absolute atomic E-state index is 9.90. The van der Waals surface area contributed by atoms with E-state index < -0.39 is 12.6 Å². The summed E-state index contributed by atoms with van der Waals surface area (Å²) in [6, 6.07) is 0. The second-order valence-corrected chi connectivity index (χ2v) is 13.1. The molecule has 0 saturated heterocycles. The van der Waals surface area contributed by atoms with E-state index in [1.807, 2.05) is 6.92 Å². The first-order valence-electron chi connectivity index (χ1n) is 13.2. The number of aliphatic hydroxyl groups excluding tert-OH is 2. The van der Waals surface area contributed by atoms with Crippen molar-refractivity contribution in [2.45, 2.75) is 103 Å². The van der Waals surface area contributed by atoms with Crippen LogP contribution in [0.15, 0.2) is 0 Å². The zero-order chi connectivity index (χ0) is 22.0. The molecule has 4 nitrogen and oxygen atoms in total. The van der Waals surface area contributed by atoms with Crippen molar-refractivity contribution < 1.29 is 78.5 Å². The van der Waals surface area contributed by atoms with Crippen molar-refractivity contribution in [1.29, 1.82) is 0 Å². The van der Waals surface area contributed by atoms with Crippen LogP contribution in [0.2, 0.25) is 0 Å². The smallest absolute Gasteiger partial charge is 0.154 e. The summed E-state index contributed by atoms with van der Waals surface area (Å²) < 4.78 is 4.91. The monoisotopic (exact) mass is 742 g/mol. The Morgan fingerprint density at radius 3 is 1.09 bits per heavy atom. The average Bonchev–Trinajstić information content (AvgIpc) is 2.70. The molecule has 0 heterocycles. The van der Waals surface area contributed by atoms with E-state index in [0.717, 1.165) is 35.5 Å². The van der Waals surface area contributed by atoms with E-state index in [9.17, 15) is 15.3 Å². The minimum atomic E-state index is -1.11. The van der Waals surface area contributed by atoms with Crippen LogP contribution in [0, 0.1) is 65.3 Å². The number of hydrogen-bond donors (Lipinski definition) is 3. The minimum Gasteiger partial charge on any atom is -0.533 e. The molecule has 3 radical (unpaired) electrons. The first-order chi connectivity index (χ1) is 14.7. The Kier molecular flexibility index (Phi) is 11.5. The van der Waals surface area contributed by atoms with Crippen LogP contribution in [0.25, 0.3) is 0 Å². The van der Waals surface area contributed by atoms with E-state index in [-0.39, 0.29) is 75.7 Å². The molecule has 3 atom stereocenters. The Labute approximate surface area is 245 Å². The topological polar surface area (TPSA) is 69.9 Å². The van der Waals surface area contributed by atoms with Crippen molar-refractivity contribution in [1.82, 2.24) is 0 Å². The van der Waals surface area contributed by atoms with Gasteiger partial charge in [-0.15, -0.1) is 0 Å². The fourth-order valence-electron chi connectivity index (χ4n) is 10.2. The van der Waals surface area contributed by atoms with Gasteiger partial charge in [-0.1, -0.05) is 13.8 Å². The van der Waals surface area contributed by atoms with Crippen molar-refractivity contribution in [3.63, 3.8) is 0 Å². The van der Waals surface area contributed by atoms with E-state index in [2.05, 4.69) is 14.0 Å². The van der Waals surface area contributed by atoms with Crippen LogP contribution >= 0.6 is 0 Å². The third-order valence-corrected chi connectivity index (χ3v) is 11.1. The summed E-state index contributed by atoms with van der Waals surface area (Å²) in [4.78, 5) is 0. The van der Waals surface area contributed by atoms with E-state index in [4.69, 9.17) is 4.74 Å². The molecule has 0 aromatic rings. The predicted octanol–water partition coefficient (Wildman–Crippen LogP) is 5.11. The molecule has 8 saturated carbocycles. The van der Waals surface area contributed by atoms with Crippen molar-refractivity contribution in [2.75, 3.05) is 0 Å². The van der Waals surface area contributed by atoms with Crippen molar-refractivity contribution in [3.8, 4) is 0 Å². The Morgan fingerprint density at radius 1 is 0.588 bits per heavy atom. The number of aliphatic hydroxyl groups is 3. The first kappa shape index (κ1) is 31.9. The molecule has 205 valence electrons. The second kappa shape index (κ2) is 12.3. The third-order valence-electron chi connectivity index (χ3n) is 11.1. The standard InChI is InChI=1S/C14H23O2.C13H22O2.3Rh/c1-9(13(15)16-2)14-6-10-3-11(7-14)5-12(4-10)8-14;1-8(12(14)15)13-5-9-2-10(6-13)4-11(3-9)7-13;;;/h9-13,15H,2-8H2,1H3;8-12,14-15H,2-7H2,1H3;;;/q-1;;;;/t9-,10?,11?,12?,13?,14?;8-,9?,10?,11?,13?;;;/m01.../s1. The molecule has 0 aromatic heterocycles. The largest absolute Gasteiger partial charge is 0.533 e. The van der Waals surface area contributed by atoms with Gasteiger partial charge in [0.25, 0.3) is 0 Å². The van der Waals surface area contributed by atoms with E-state index in [1.165, 1.54) is 77.0 Å². The van der Waals surface area contributed by atoms with E-state index >= 15 is 0 Å². The Balaban J connectivity index is 0.000000221. The summed E-state index contributed by atoms with van der Waals surface area (Å²) in [5, 5.41) is 28.8. The van der Waals surface area contributed by atoms with Gasteiger partial charge < -0.3 is 20.1 Å². The summed E-state index contributed by atoms with van der Waals surface area (Å²) in [6.45, 7) is 4.20. The maximum atomic E-state index is 9.90. The molecule has 34 heavy (non-hydrogen) atoms. The van der Waals surface area contributed by atoms with Crippen LogP contribution in [0.4, 0.5) is 0 Å². The fourth-order valence-corrected chi connectivity index (χ4v) is 10.2. The quantitative estimate of drug-likeness (QED) is 0.208. The van der Waals surface area contributed by atoms with Gasteiger partial charge in [0.05, 0.1) is 0 Å². The molecule has 0 spiro atoms. The van der Waals surface area contributed by atoms with Crippen LogP contribution in [-0.2, 0) is 63.2 Å². The minimum absolute atomic E-state index is 0. The van der Waals surface area contributed by atoms with Gasteiger partial charge >= 0.3 is 0 Å². The molecule has 1 unspecified atom stereocenters. The molecule has 8 rings (SSSR count).